The van der Waals surface area contributed by atoms with E-state index in [-0.39, 0.29) is 25.2 Å². The van der Waals surface area contributed by atoms with Crippen LogP contribution in [0.3, 0.4) is 0 Å². The molecule has 0 aromatic rings. The fraction of sp³-hybridized carbons (Fsp3) is 1.00. The van der Waals surface area contributed by atoms with Gasteiger partial charge in [-0.15, -0.1) is 0 Å². The summed E-state index contributed by atoms with van der Waals surface area (Å²) in [6.45, 7) is 3.35. The summed E-state index contributed by atoms with van der Waals surface area (Å²) in [6, 6.07) is 0. The smallest absolute Gasteiger partial charge is 0.152 e. The van der Waals surface area contributed by atoms with Gasteiger partial charge in [0.2, 0.25) is 0 Å². The second kappa shape index (κ2) is 8.39. The highest BCUT2D eigenvalue weighted by molar-refractivity contribution is 7.91. The van der Waals surface area contributed by atoms with Crippen LogP contribution in [0.5, 0.6) is 0 Å². The first-order valence-corrected chi connectivity index (χ1v) is 8.37. The Kier molecular flexibility index (Phi) is 8.42. The Hall–Kier alpha value is 0.0800. The van der Waals surface area contributed by atoms with Crippen molar-refractivity contribution in [3.63, 3.8) is 0 Å². The fourth-order valence-corrected chi connectivity index (χ4v) is 3.29. The molecule has 0 fully saturated rings. The molecule has 8 heteroatoms. The van der Waals surface area contributed by atoms with Gasteiger partial charge in [-0.25, -0.2) is 13.3 Å². The highest BCUT2D eigenvalue weighted by atomic mass is 35.5. The number of hydrogen-bond donors (Lipinski definition) is 4. The fourth-order valence-electron chi connectivity index (χ4n) is 1.48. The first-order valence-electron chi connectivity index (χ1n) is 6.17. The van der Waals surface area contributed by atoms with E-state index in [0.29, 0.717) is 6.42 Å². The molecular formula is C11H24ClNO5S. The molecule has 4 N–H and O–H groups in total. The molecule has 2 unspecified atom stereocenters. The standard InChI is InChI=1S/C11H24ClNO5S/c1-11(2,13-12)4-6-19(17,18)8-10(16)7-9(15)3-5-14/h9-10,13-16H,3-8H2,1-2H3. The van der Waals surface area contributed by atoms with E-state index in [1.807, 2.05) is 0 Å². The number of halogens is 1. The van der Waals surface area contributed by atoms with Crippen LogP contribution < -0.4 is 4.84 Å². The van der Waals surface area contributed by atoms with E-state index >= 15 is 0 Å². The summed E-state index contributed by atoms with van der Waals surface area (Å²) in [5, 5.41) is 27.6. The predicted molar refractivity (Wildman–Crippen MR) is 74.7 cm³/mol. The van der Waals surface area contributed by atoms with Crippen LogP contribution in [0.4, 0.5) is 0 Å². The summed E-state index contributed by atoms with van der Waals surface area (Å²) >= 11 is 5.48. The zero-order valence-corrected chi connectivity index (χ0v) is 12.9. The molecule has 2 atom stereocenters. The van der Waals surface area contributed by atoms with E-state index < -0.39 is 33.3 Å². The SMILES string of the molecule is CC(C)(CCS(=O)(=O)CC(O)CC(O)CCO)NCl. The van der Waals surface area contributed by atoms with E-state index in [1.165, 1.54) is 0 Å². The number of aliphatic hydroxyl groups is 3. The largest absolute Gasteiger partial charge is 0.396 e. The van der Waals surface area contributed by atoms with E-state index in [9.17, 15) is 18.6 Å². The van der Waals surface area contributed by atoms with Crippen LogP contribution in [-0.2, 0) is 9.84 Å². The van der Waals surface area contributed by atoms with Gasteiger partial charge in [-0.2, -0.15) is 0 Å². The number of aliphatic hydroxyl groups excluding tert-OH is 3. The Morgan fingerprint density at radius 2 is 1.84 bits per heavy atom. The monoisotopic (exact) mass is 317 g/mol. The van der Waals surface area contributed by atoms with Gasteiger partial charge in [0.05, 0.1) is 23.7 Å². The molecule has 0 rings (SSSR count). The van der Waals surface area contributed by atoms with Crippen molar-refractivity contribution < 1.29 is 23.7 Å². The van der Waals surface area contributed by atoms with Gasteiger partial charge in [0.25, 0.3) is 0 Å². The maximum atomic E-state index is 11.8. The van der Waals surface area contributed by atoms with Crippen molar-refractivity contribution in [3.05, 3.63) is 0 Å². The number of nitrogens with one attached hydrogen (secondary N) is 1. The molecule has 0 aliphatic rings. The molecule has 0 aliphatic heterocycles. The van der Waals surface area contributed by atoms with Crippen LogP contribution in [0.25, 0.3) is 0 Å². The van der Waals surface area contributed by atoms with Gasteiger partial charge in [0, 0.05) is 18.6 Å². The van der Waals surface area contributed by atoms with Crippen molar-refractivity contribution in [3.8, 4) is 0 Å². The van der Waals surface area contributed by atoms with Gasteiger partial charge in [-0.1, -0.05) is 0 Å². The van der Waals surface area contributed by atoms with Crippen molar-refractivity contribution in [2.75, 3.05) is 18.1 Å². The molecule has 0 saturated heterocycles. The topological polar surface area (TPSA) is 107 Å². The molecular weight excluding hydrogens is 294 g/mol. The summed E-state index contributed by atoms with van der Waals surface area (Å²) in [4.78, 5) is 2.49. The summed E-state index contributed by atoms with van der Waals surface area (Å²) in [5.41, 5.74) is -0.504. The lowest BCUT2D eigenvalue weighted by Gasteiger charge is -2.22. The Morgan fingerprint density at radius 1 is 1.26 bits per heavy atom. The van der Waals surface area contributed by atoms with Gasteiger partial charge < -0.3 is 15.3 Å². The van der Waals surface area contributed by atoms with Crippen LogP contribution in [0.2, 0.25) is 0 Å². The Balaban J connectivity index is 4.22. The third kappa shape index (κ3) is 9.59. The van der Waals surface area contributed by atoms with Gasteiger partial charge in [0.1, 0.15) is 0 Å². The minimum atomic E-state index is -3.41. The average Bonchev–Trinajstić information content (AvgIpc) is 2.26. The maximum Gasteiger partial charge on any atom is 0.152 e. The minimum Gasteiger partial charge on any atom is -0.396 e. The molecule has 0 aromatic carbocycles. The summed E-state index contributed by atoms with van der Waals surface area (Å²) in [7, 11) is -3.41. The van der Waals surface area contributed by atoms with Crippen LogP contribution >= 0.6 is 11.8 Å². The molecule has 0 bridgehead atoms. The molecule has 0 spiro atoms. The first kappa shape index (κ1) is 19.1. The zero-order valence-electron chi connectivity index (χ0n) is 11.3. The molecule has 0 radical (unpaired) electrons. The van der Waals surface area contributed by atoms with Crippen LogP contribution in [-0.4, -0.2) is 59.6 Å². The van der Waals surface area contributed by atoms with Gasteiger partial charge in [-0.05, 0) is 38.5 Å². The molecule has 116 valence electrons. The lowest BCUT2D eigenvalue weighted by molar-refractivity contribution is 0.0734. The highest BCUT2D eigenvalue weighted by Gasteiger charge is 2.24. The van der Waals surface area contributed by atoms with Crippen molar-refractivity contribution in [1.29, 1.82) is 0 Å². The van der Waals surface area contributed by atoms with Gasteiger partial charge >= 0.3 is 0 Å². The Bertz CT molecular complexity index is 347. The van der Waals surface area contributed by atoms with Crippen molar-refractivity contribution >= 4 is 21.6 Å². The predicted octanol–water partition coefficient (Wildman–Crippen LogP) is -0.192. The minimum absolute atomic E-state index is 0.0586. The van der Waals surface area contributed by atoms with Crippen molar-refractivity contribution in [2.24, 2.45) is 0 Å². The molecule has 0 aromatic heterocycles. The summed E-state index contributed by atoms with van der Waals surface area (Å²) in [6.07, 6.45) is -1.63. The molecule has 6 nitrogen and oxygen atoms in total. The van der Waals surface area contributed by atoms with E-state index in [2.05, 4.69) is 4.84 Å². The van der Waals surface area contributed by atoms with E-state index in [1.54, 1.807) is 13.8 Å². The summed E-state index contributed by atoms with van der Waals surface area (Å²) < 4.78 is 23.6. The van der Waals surface area contributed by atoms with Crippen LogP contribution in [0.15, 0.2) is 0 Å². The number of sulfone groups is 1. The normalized spacial score (nSPS) is 16.3. The molecule has 0 heterocycles. The first-order chi connectivity index (χ1) is 8.62. The maximum absolute atomic E-state index is 11.8. The van der Waals surface area contributed by atoms with Gasteiger partial charge in [-0.3, -0.25) is 0 Å². The summed E-state index contributed by atoms with van der Waals surface area (Å²) in [5.74, 6) is -0.485. The van der Waals surface area contributed by atoms with E-state index in [4.69, 9.17) is 16.9 Å². The number of rotatable bonds is 10. The molecule has 0 aliphatic carbocycles. The van der Waals surface area contributed by atoms with Crippen molar-refractivity contribution in [2.45, 2.75) is 50.9 Å². The highest BCUT2D eigenvalue weighted by Crippen LogP contribution is 2.13. The lowest BCUT2D eigenvalue weighted by atomic mass is 10.0. The van der Waals surface area contributed by atoms with Crippen LogP contribution in [0, 0.1) is 0 Å². The molecule has 19 heavy (non-hydrogen) atoms. The number of hydrogen-bond acceptors (Lipinski definition) is 6. The quantitative estimate of drug-likeness (QED) is 0.416. The molecule has 0 amide bonds. The Labute approximate surface area is 119 Å². The van der Waals surface area contributed by atoms with Crippen molar-refractivity contribution in [1.82, 2.24) is 4.84 Å². The second-order valence-corrected chi connectivity index (χ2v) is 7.82. The average molecular weight is 318 g/mol. The lowest BCUT2D eigenvalue weighted by Crippen LogP contribution is -2.36. The third-order valence-corrected chi connectivity index (χ3v) is 4.98. The zero-order chi connectivity index (χ0) is 15.1. The third-order valence-electron chi connectivity index (χ3n) is 2.75. The van der Waals surface area contributed by atoms with Gasteiger partial charge in [0.15, 0.2) is 9.84 Å². The Morgan fingerprint density at radius 3 is 2.32 bits per heavy atom. The van der Waals surface area contributed by atoms with Crippen LogP contribution in [0.1, 0.15) is 33.1 Å². The van der Waals surface area contributed by atoms with E-state index in [0.717, 1.165) is 0 Å². The molecule has 0 saturated carbocycles. The second-order valence-electron chi connectivity index (χ2n) is 5.40.